The molecule has 3 aliphatic carbocycles. The molecule has 0 N–H and O–H groups in total. The molecular formula is C29H39FN4O4. The molecule has 9 atom stereocenters. The van der Waals surface area contributed by atoms with Crippen molar-refractivity contribution in [1.82, 2.24) is 19.4 Å². The van der Waals surface area contributed by atoms with E-state index in [0.29, 0.717) is 38.1 Å². The summed E-state index contributed by atoms with van der Waals surface area (Å²) in [6, 6.07) is -0.687. The highest BCUT2D eigenvalue weighted by atomic mass is 19.1. The van der Waals surface area contributed by atoms with Crippen LogP contribution in [0.2, 0.25) is 0 Å². The van der Waals surface area contributed by atoms with Crippen molar-refractivity contribution in [1.29, 1.82) is 0 Å². The minimum absolute atomic E-state index is 0.0255. The van der Waals surface area contributed by atoms with Gasteiger partial charge >= 0.3 is 0 Å². The predicted molar refractivity (Wildman–Crippen MR) is 137 cm³/mol. The maximum Gasteiger partial charge on any atom is 0.259 e. The van der Waals surface area contributed by atoms with Crippen molar-refractivity contribution < 1.29 is 23.5 Å². The van der Waals surface area contributed by atoms with Gasteiger partial charge in [-0.1, -0.05) is 32.6 Å². The molecule has 1 aromatic heterocycles. The fourth-order valence-corrected chi connectivity index (χ4v) is 8.44. The van der Waals surface area contributed by atoms with Gasteiger partial charge in [0.05, 0.1) is 55.0 Å². The van der Waals surface area contributed by atoms with Crippen LogP contribution in [0.1, 0.15) is 63.6 Å². The van der Waals surface area contributed by atoms with E-state index in [1.165, 1.54) is 25.7 Å². The van der Waals surface area contributed by atoms with Crippen LogP contribution in [0.3, 0.4) is 0 Å². The van der Waals surface area contributed by atoms with E-state index in [-0.39, 0.29) is 41.9 Å². The predicted octanol–water partition coefficient (Wildman–Crippen LogP) is 3.08. The molecule has 9 heteroatoms. The van der Waals surface area contributed by atoms with Gasteiger partial charge in [-0.2, -0.15) is 0 Å². The first-order valence-electron chi connectivity index (χ1n) is 14.8. The van der Waals surface area contributed by atoms with Gasteiger partial charge in [-0.3, -0.25) is 9.59 Å². The highest BCUT2D eigenvalue weighted by Crippen LogP contribution is 2.52. The van der Waals surface area contributed by atoms with Crippen LogP contribution >= 0.6 is 0 Å². The Hall–Kier alpha value is -2.26. The zero-order chi connectivity index (χ0) is 26.0. The molecule has 0 radical (unpaired) electrons. The largest absolute Gasteiger partial charge is 0.378 e. The van der Waals surface area contributed by atoms with Gasteiger partial charge in [0, 0.05) is 31.4 Å². The van der Waals surface area contributed by atoms with Crippen molar-refractivity contribution >= 4 is 11.7 Å². The van der Waals surface area contributed by atoms with Crippen LogP contribution in [0.15, 0.2) is 24.3 Å². The van der Waals surface area contributed by atoms with Gasteiger partial charge in [-0.05, 0) is 37.5 Å². The van der Waals surface area contributed by atoms with Crippen LogP contribution in [0.25, 0.3) is 0 Å². The summed E-state index contributed by atoms with van der Waals surface area (Å²) in [4.78, 5) is 36.0. The normalized spacial score (nSPS) is 40.6. The Labute approximate surface area is 223 Å². The van der Waals surface area contributed by atoms with Gasteiger partial charge in [0.25, 0.3) is 5.91 Å². The number of hydrogen-bond donors (Lipinski definition) is 0. The Morgan fingerprint density at radius 3 is 2.61 bits per heavy atom. The van der Waals surface area contributed by atoms with Gasteiger partial charge in [0.1, 0.15) is 12.3 Å². The Morgan fingerprint density at radius 1 is 1.11 bits per heavy atom. The summed E-state index contributed by atoms with van der Waals surface area (Å²) in [7, 11) is 0. The van der Waals surface area contributed by atoms with E-state index < -0.39 is 24.2 Å². The number of ether oxygens (including phenoxy) is 2. The fraction of sp³-hybridized carbons (Fsp3) is 0.759. The second kappa shape index (κ2) is 9.73. The highest BCUT2D eigenvalue weighted by Gasteiger charge is 2.60. The maximum absolute atomic E-state index is 16.1. The van der Waals surface area contributed by atoms with Crippen LogP contribution in [0.4, 0.5) is 4.39 Å². The van der Waals surface area contributed by atoms with Crippen molar-refractivity contribution in [3.63, 3.8) is 0 Å². The number of imidazole rings is 1. The zero-order valence-corrected chi connectivity index (χ0v) is 22.2. The summed E-state index contributed by atoms with van der Waals surface area (Å²) in [5, 5.41) is 0. The first kappa shape index (κ1) is 24.8. The first-order valence-corrected chi connectivity index (χ1v) is 14.8. The average Bonchev–Trinajstić information content (AvgIpc) is 3.42. The number of carbonyl (C=O) groups is 2. The van der Waals surface area contributed by atoms with E-state index >= 15 is 4.39 Å². The Kier molecular flexibility index (Phi) is 6.34. The van der Waals surface area contributed by atoms with Crippen LogP contribution in [0.5, 0.6) is 0 Å². The Morgan fingerprint density at radius 2 is 1.87 bits per heavy atom. The monoisotopic (exact) mass is 526 g/mol. The molecule has 4 heterocycles. The number of nitrogens with zero attached hydrogens (tertiary/aromatic N) is 4. The van der Waals surface area contributed by atoms with Gasteiger partial charge < -0.3 is 23.8 Å². The number of morpholine rings is 2. The van der Waals surface area contributed by atoms with Crippen LogP contribution < -0.4 is 0 Å². The smallest absolute Gasteiger partial charge is 0.259 e. The van der Waals surface area contributed by atoms with E-state index in [1.807, 2.05) is 23.9 Å². The molecule has 9 unspecified atom stereocenters. The second-order valence-electron chi connectivity index (χ2n) is 12.2. The lowest BCUT2D eigenvalue weighted by molar-refractivity contribution is -0.214. The minimum atomic E-state index is -1.26. The van der Waals surface area contributed by atoms with Crippen molar-refractivity contribution in [2.75, 3.05) is 26.3 Å². The zero-order valence-electron chi connectivity index (χ0n) is 22.2. The third kappa shape index (κ3) is 3.95. The number of aryl methyl sites for hydroxylation is 1. The van der Waals surface area contributed by atoms with E-state index in [4.69, 9.17) is 9.47 Å². The highest BCUT2D eigenvalue weighted by molar-refractivity contribution is 6.20. The lowest BCUT2D eigenvalue weighted by Gasteiger charge is -2.61. The van der Waals surface area contributed by atoms with Crippen LogP contribution in [0, 0.1) is 17.8 Å². The van der Waals surface area contributed by atoms with Crippen molar-refractivity contribution in [2.45, 2.75) is 94.8 Å². The number of hydrogen-bond acceptors (Lipinski definition) is 6. The number of Topliss-reactive ketones (excluding diaryl/α,β-unsaturated/α-hetero) is 1. The molecule has 0 spiro atoms. The number of fused-ring (bicyclic) bond motifs is 3. The van der Waals surface area contributed by atoms with E-state index in [2.05, 4.69) is 9.88 Å². The quantitative estimate of drug-likeness (QED) is 0.564. The van der Waals surface area contributed by atoms with E-state index in [0.717, 1.165) is 25.0 Å². The van der Waals surface area contributed by atoms with Gasteiger partial charge in [0.15, 0.2) is 5.78 Å². The molecule has 6 aliphatic rings. The third-order valence-electron chi connectivity index (χ3n) is 10.3. The number of ketones is 1. The molecule has 3 aliphatic heterocycles. The summed E-state index contributed by atoms with van der Waals surface area (Å²) in [6.45, 7) is 3.96. The number of rotatable bonds is 3. The van der Waals surface area contributed by atoms with E-state index in [1.54, 1.807) is 11.2 Å². The molecule has 3 saturated carbocycles. The van der Waals surface area contributed by atoms with Gasteiger partial charge in [-0.25, -0.2) is 9.37 Å². The molecule has 38 heavy (non-hydrogen) atoms. The number of carbonyl (C=O) groups excluding carboxylic acids is 2. The first-order chi connectivity index (χ1) is 18.5. The number of halogens is 1. The van der Waals surface area contributed by atoms with Gasteiger partial charge in [-0.15, -0.1) is 0 Å². The lowest BCUT2D eigenvalue weighted by Crippen LogP contribution is -2.70. The van der Waals surface area contributed by atoms with Crippen molar-refractivity contribution in [3.8, 4) is 0 Å². The summed E-state index contributed by atoms with van der Waals surface area (Å²) in [5.41, 5.74) is 1.14. The molecule has 1 aromatic rings. The number of alkyl halides is 1. The maximum atomic E-state index is 16.1. The molecule has 2 saturated heterocycles. The molecule has 0 bridgehead atoms. The van der Waals surface area contributed by atoms with Crippen LogP contribution in [-0.4, -0.2) is 87.8 Å². The third-order valence-corrected chi connectivity index (χ3v) is 10.3. The number of aromatic nitrogens is 2. The summed E-state index contributed by atoms with van der Waals surface area (Å²) < 4.78 is 30.3. The molecule has 8 nitrogen and oxygen atoms in total. The molecule has 5 fully saturated rings. The average molecular weight is 527 g/mol. The van der Waals surface area contributed by atoms with Crippen LogP contribution in [-0.2, 0) is 25.5 Å². The standard InChI is InChI=1S/C29H39FN4O4/c1-2-19-14-33(16-31-19)26-22(30)13-20-25-28(26)38-24-12-18-6-4-3-5-17(18)11-23(24)34(25)15-21(27(20)35)29(36)32-7-9-37-10-8-32/h14-18,20,22-26,28H,2-13H2,1H3. The summed E-state index contributed by atoms with van der Waals surface area (Å²) in [5.74, 6) is 0.257. The fourth-order valence-electron chi connectivity index (χ4n) is 8.44. The Bertz CT molecular complexity index is 1120. The SMILES string of the molecule is CCc1cn(C2C(F)CC3C(=O)C(C(=O)N4CCOCC4)=CN4C5CC6CCCCC6CC5OC2C34)cn1. The summed E-state index contributed by atoms with van der Waals surface area (Å²) >= 11 is 0. The molecular weight excluding hydrogens is 487 g/mol. The molecule has 7 rings (SSSR count). The second-order valence-corrected chi connectivity index (χ2v) is 12.2. The van der Waals surface area contributed by atoms with Crippen molar-refractivity contribution in [3.05, 3.63) is 30.0 Å². The topological polar surface area (TPSA) is 76.9 Å². The van der Waals surface area contributed by atoms with Gasteiger partial charge in [0.2, 0.25) is 0 Å². The van der Waals surface area contributed by atoms with E-state index in [9.17, 15) is 9.59 Å². The van der Waals surface area contributed by atoms with Crippen molar-refractivity contribution in [2.24, 2.45) is 17.8 Å². The molecule has 0 aromatic carbocycles. The minimum Gasteiger partial charge on any atom is -0.378 e. The Balaban J connectivity index is 1.28. The molecule has 1 amide bonds. The molecule has 206 valence electrons. The summed E-state index contributed by atoms with van der Waals surface area (Å²) in [6.07, 6.45) is 11.7. The lowest BCUT2D eigenvalue weighted by atomic mass is 9.65. The number of amides is 1.